The van der Waals surface area contributed by atoms with Gasteiger partial charge in [-0.05, 0) is 0 Å². The van der Waals surface area contributed by atoms with Crippen LogP contribution in [0.25, 0.3) is 0 Å². The molecule has 0 spiro atoms. The molecule has 0 amide bonds. The van der Waals surface area contributed by atoms with E-state index >= 15 is 0 Å². The van der Waals surface area contributed by atoms with E-state index in [1.807, 2.05) is 6.92 Å². The molecule has 28 heavy (non-hydrogen) atoms. The van der Waals surface area contributed by atoms with Crippen LogP contribution in [-0.2, 0) is 25.2 Å². The van der Waals surface area contributed by atoms with Crippen LogP contribution >= 0.6 is 0 Å². The Morgan fingerprint density at radius 1 is 1.39 bits per heavy atom. The van der Waals surface area contributed by atoms with Crippen LogP contribution in [0, 0.1) is 11.8 Å². The zero-order valence-electron chi connectivity index (χ0n) is 15.2. The molecule has 0 aromatic carbocycles. The van der Waals surface area contributed by atoms with Gasteiger partial charge < -0.3 is 14.2 Å². The minimum atomic E-state index is -4.94. The van der Waals surface area contributed by atoms with E-state index in [-0.39, 0.29) is 19.6 Å². The number of nitrogens with one attached hydrogen (secondary N) is 1. The van der Waals surface area contributed by atoms with Crippen LogP contribution in [0.1, 0.15) is 38.5 Å². The third-order valence-corrected chi connectivity index (χ3v) is 3.89. The monoisotopic (exact) mass is 404 g/mol. The molecule has 154 valence electrons. The summed E-state index contributed by atoms with van der Waals surface area (Å²) in [4.78, 5) is 36.1. The van der Waals surface area contributed by atoms with Gasteiger partial charge in [0.2, 0.25) is 0 Å². The van der Waals surface area contributed by atoms with Gasteiger partial charge in [0.05, 0.1) is 6.10 Å². The van der Waals surface area contributed by atoms with Crippen LogP contribution in [0.2, 0.25) is 0 Å². The van der Waals surface area contributed by atoms with Crippen molar-refractivity contribution in [3.8, 4) is 11.8 Å². The summed E-state index contributed by atoms with van der Waals surface area (Å²) in [5.41, 5.74) is -4.11. The number of carbonyl (C=O) groups excluding carboxylic acids is 1. The van der Waals surface area contributed by atoms with E-state index in [2.05, 4.69) is 11.8 Å². The van der Waals surface area contributed by atoms with Crippen molar-refractivity contribution >= 4 is 5.97 Å². The van der Waals surface area contributed by atoms with Gasteiger partial charge in [0, 0.05) is 26.0 Å². The predicted molar refractivity (Wildman–Crippen MR) is 89.3 cm³/mol. The zero-order valence-corrected chi connectivity index (χ0v) is 15.2. The first-order chi connectivity index (χ1) is 13.1. The lowest BCUT2D eigenvalue weighted by Crippen LogP contribution is -2.36. The molecule has 0 aliphatic carbocycles. The van der Waals surface area contributed by atoms with Crippen molar-refractivity contribution in [1.82, 2.24) is 9.55 Å². The Morgan fingerprint density at radius 3 is 2.71 bits per heavy atom. The van der Waals surface area contributed by atoms with Crippen LogP contribution in [0.4, 0.5) is 13.2 Å². The van der Waals surface area contributed by atoms with E-state index in [4.69, 9.17) is 14.2 Å². The van der Waals surface area contributed by atoms with E-state index in [9.17, 15) is 27.6 Å². The lowest BCUT2D eigenvalue weighted by atomic mass is 10.2. The fourth-order valence-electron chi connectivity index (χ4n) is 2.62. The van der Waals surface area contributed by atoms with Gasteiger partial charge in [-0.2, -0.15) is 13.2 Å². The minimum absolute atomic E-state index is 0.00296. The summed E-state index contributed by atoms with van der Waals surface area (Å²) < 4.78 is 55.6. The molecule has 8 nitrogen and oxygen atoms in total. The van der Waals surface area contributed by atoms with Crippen LogP contribution < -0.4 is 11.2 Å². The van der Waals surface area contributed by atoms with Crippen molar-refractivity contribution in [1.29, 1.82) is 0 Å². The first-order valence-electron chi connectivity index (χ1n) is 8.42. The number of ether oxygens (including phenoxy) is 3. The highest BCUT2D eigenvalue weighted by molar-refractivity contribution is 5.65. The number of H-pyrrole nitrogens is 1. The molecule has 1 aromatic heterocycles. The maximum atomic E-state index is 13.0. The molecule has 1 saturated heterocycles. The lowest BCUT2D eigenvalue weighted by Gasteiger charge is -2.18. The summed E-state index contributed by atoms with van der Waals surface area (Å²) in [7, 11) is 0. The Kier molecular flexibility index (Phi) is 7.04. The van der Waals surface area contributed by atoms with E-state index in [0.717, 1.165) is 0 Å². The molecular formula is C17H19F3N2O6. The van der Waals surface area contributed by atoms with Gasteiger partial charge >= 0.3 is 17.8 Å². The summed E-state index contributed by atoms with van der Waals surface area (Å²) in [6.45, 7) is 2.88. The molecule has 0 saturated carbocycles. The number of rotatable bonds is 5. The Hall–Kier alpha value is -2.58. The molecule has 2 rings (SSSR count). The van der Waals surface area contributed by atoms with Gasteiger partial charge in [-0.15, -0.1) is 5.92 Å². The number of aromatic amines is 1. The summed E-state index contributed by atoms with van der Waals surface area (Å²) >= 11 is 0. The Balaban J connectivity index is 2.27. The Bertz CT molecular complexity index is 880. The summed E-state index contributed by atoms with van der Waals surface area (Å²) in [6, 6.07) is 0. The number of alkyl halides is 3. The second-order valence-electron chi connectivity index (χ2n) is 5.93. The molecule has 3 atom stereocenters. The summed E-state index contributed by atoms with van der Waals surface area (Å²) in [5.74, 6) is 4.98. The maximum Gasteiger partial charge on any atom is 0.423 e. The molecule has 1 aliphatic heterocycles. The van der Waals surface area contributed by atoms with Crippen LogP contribution in [0.3, 0.4) is 0 Å². The smallest absolute Gasteiger partial charge is 0.423 e. The standard InChI is InChI=1S/C17H19F3N2O6/c1-3-4-5-6-26-12-7-14(28-13(12)9-27-10(2)23)22-8-11(17(18,19)20)15(24)21-16(22)25/h8,12-14H,3,6-7,9H2,1-2H3,(H,21,24,25)/t12-,13+,14+/m0/s1. The third kappa shape index (κ3) is 5.46. The minimum Gasteiger partial charge on any atom is -0.463 e. The van der Waals surface area contributed by atoms with E-state index in [1.165, 1.54) is 6.92 Å². The van der Waals surface area contributed by atoms with Crippen molar-refractivity contribution in [3.63, 3.8) is 0 Å². The second-order valence-corrected chi connectivity index (χ2v) is 5.93. The SMILES string of the molecule is CCC#CCO[C@H]1C[C@H](n2cc(C(F)(F)F)c(=O)[nH]c2=O)O[C@@H]1COC(C)=O. The van der Waals surface area contributed by atoms with Crippen molar-refractivity contribution in [2.75, 3.05) is 13.2 Å². The van der Waals surface area contributed by atoms with Crippen LogP contribution in [0.5, 0.6) is 0 Å². The third-order valence-electron chi connectivity index (χ3n) is 3.89. The predicted octanol–water partition coefficient (Wildman–Crippen LogP) is 1.20. The average molecular weight is 404 g/mol. The fraction of sp³-hybridized carbons (Fsp3) is 0.588. The van der Waals surface area contributed by atoms with Gasteiger partial charge in [-0.1, -0.05) is 12.8 Å². The highest BCUT2D eigenvalue weighted by atomic mass is 19.4. The molecular weight excluding hydrogens is 385 g/mol. The van der Waals surface area contributed by atoms with Gasteiger partial charge in [-0.25, -0.2) is 4.79 Å². The van der Waals surface area contributed by atoms with Gasteiger partial charge in [0.25, 0.3) is 5.56 Å². The van der Waals surface area contributed by atoms with E-state index in [0.29, 0.717) is 17.2 Å². The molecule has 1 aromatic rings. The average Bonchev–Trinajstić information content (AvgIpc) is 2.98. The normalized spacial score (nSPS) is 21.8. The van der Waals surface area contributed by atoms with Crippen LogP contribution in [-0.4, -0.2) is 40.9 Å². The number of halogens is 3. The molecule has 1 N–H and O–H groups in total. The summed E-state index contributed by atoms with van der Waals surface area (Å²) in [5, 5.41) is 0. The molecule has 0 bridgehead atoms. The number of esters is 1. The van der Waals surface area contributed by atoms with Crippen LogP contribution in [0.15, 0.2) is 15.8 Å². The first kappa shape index (κ1) is 21.7. The van der Waals surface area contributed by atoms with E-state index < -0.39 is 47.4 Å². The summed E-state index contributed by atoms with van der Waals surface area (Å²) in [6.07, 6.45) is -6.54. The molecule has 0 unspecified atom stereocenters. The first-order valence-corrected chi connectivity index (χ1v) is 8.42. The number of carbonyl (C=O) groups is 1. The van der Waals surface area contributed by atoms with Crippen molar-refractivity contribution < 1.29 is 32.2 Å². The van der Waals surface area contributed by atoms with Gasteiger partial charge in [0.1, 0.15) is 31.1 Å². The van der Waals surface area contributed by atoms with Crippen molar-refractivity contribution in [3.05, 3.63) is 32.6 Å². The quantitative estimate of drug-likeness (QED) is 0.585. The maximum absolute atomic E-state index is 13.0. The van der Waals surface area contributed by atoms with Crippen molar-refractivity contribution in [2.45, 2.75) is 51.3 Å². The molecule has 1 fully saturated rings. The van der Waals surface area contributed by atoms with Gasteiger partial charge in [0.15, 0.2) is 0 Å². The Morgan fingerprint density at radius 2 is 2.11 bits per heavy atom. The van der Waals surface area contributed by atoms with E-state index in [1.54, 1.807) is 4.98 Å². The molecule has 2 heterocycles. The fourth-order valence-corrected chi connectivity index (χ4v) is 2.62. The topological polar surface area (TPSA) is 99.6 Å². The number of nitrogens with zero attached hydrogens (tertiary/aromatic N) is 1. The van der Waals surface area contributed by atoms with Crippen molar-refractivity contribution in [2.24, 2.45) is 0 Å². The highest BCUT2D eigenvalue weighted by Gasteiger charge is 2.40. The largest absolute Gasteiger partial charge is 0.463 e. The Labute approximate surface area is 157 Å². The number of aromatic nitrogens is 2. The number of hydrogen-bond donors (Lipinski definition) is 1. The molecule has 11 heteroatoms. The molecule has 0 radical (unpaired) electrons. The number of hydrogen-bond acceptors (Lipinski definition) is 6. The molecule has 1 aliphatic rings. The zero-order chi connectivity index (χ0) is 20.9. The second kappa shape index (κ2) is 9.07. The lowest BCUT2D eigenvalue weighted by molar-refractivity contribution is -0.148. The highest BCUT2D eigenvalue weighted by Crippen LogP contribution is 2.32. The van der Waals surface area contributed by atoms with Gasteiger partial charge in [-0.3, -0.25) is 19.1 Å².